The number of urea groups is 1. The van der Waals surface area contributed by atoms with Gasteiger partial charge in [0.2, 0.25) is 0 Å². The van der Waals surface area contributed by atoms with Crippen molar-refractivity contribution in [3.8, 4) is 0 Å². The van der Waals surface area contributed by atoms with Gasteiger partial charge in [0, 0.05) is 36.0 Å². The highest BCUT2D eigenvalue weighted by molar-refractivity contribution is 6.31. The number of rotatable bonds is 5. The fourth-order valence-corrected chi connectivity index (χ4v) is 3.86. The molecule has 1 heterocycles. The van der Waals surface area contributed by atoms with Crippen molar-refractivity contribution in [2.24, 2.45) is 0 Å². The third-order valence-corrected chi connectivity index (χ3v) is 5.60. The minimum Gasteiger partial charge on any atom is -0.322 e. The van der Waals surface area contributed by atoms with E-state index in [1.807, 2.05) is 18.2 Å². The van der Waals surface area contributed by atoms with E-state index in [0.717, 1.165) is 24.1 Å². The summed E-state index contributed by atoms with van der Waals surface area (Å²) in [6.07, 6.45) is 0.757. The molecule has 164 valence electrons. The van der Waals surface area contributed by atoms with Crippen LogP contribution in [0.4, 0.5) is 25.0 Å². The molecule has 0 unspecified atom stereocenters. The number of carbonyl (C=O) groups excluding carboxylic acids is 2. The van der Waals surface area contributed by atoms with Gasteiger partial charge in [0.15, 0.2) is 0 Å². The fourth-order valence-electron chi connectivity index (χ4n) is 3.66. The quantitative estimate of drug-likeness (QED) is 0.536. The molecule has 1 N–H and O–H groups in total. The van der Waals surface area contributed by atoms with Crippen molar-refractivity contribution in [1.82, 2.24) is 4.90 Å². The molecule has 0 aromatic heterocycles. The molecule has 1 aliphatic rings. The lowest BCUT2D eigenvalue weighted by molar-refractivity contribution is 0.101. The molecular weight excluding hydrogens is 436 g/mol. The molecule has 0 saturated carbocycles. The normalized spacial score (nSPS) is 13.9. The number of hydrogen-bond donors (Lipinski definition) is 1. The zero-order chi connectivity index (χ0) is 22.7. The predicted molar refractivity (Wildman–Crippen MR) is 120 cm³/mol. The molecular formula is C24H20ClF2N3O2. The summed E-state index contributed by atoms with van der Waals surface area (Å²) in [7, 11) is 0. The lowest BCUT2D eigenvalue weighted by Gasteiger charge is -2.36. The van der Waals surface area contributed by atoms with E-state index in [1.54, 1.807) is 40.1 Å². The van der Waals surface area contributed by atoms with Gasteiger partial charge in [-0.1, -0.05) is 41.9 Å². The van der Waals surface area contributed by atoms with E-state index >= 15 is 0 Å². The minimum atomic E-state index is -0.944. The first kappa shape index (κ1) is 21.8. The van der Waals surface area contributed by atoms with E-state index in [0.29, 0.717) is 36.0 Å². The van der Waals surface area contributed by atoms with E-state index in [2.05, 4.69) is 5.32 Å². The number of amides is 3. The second-order valence-corrected chi connectivity index (χ2v) is 7.81. The molecule has 0 spiro atoms. The Kier molecular flexibility index (Phi) is 6.37. The van der Waals surface area contributed by atoms with Gasteiger partial charge in [-0.2, -0.15) is 0 Å². The number of carbonyl (C=O) groups is 2. The predicted octanol–water partition coefficient (Wildman–Crippen LogP) is 5.70. The molecule has 5 nitrogen and oxygen atoms in total. The zero-order valence-electron chi connectivity index (χ0n) is 17.0. The second kappa shape index (κ2) is 9.36. The van der Waals surface area contributed by atoms with E-state index in [1.165, 1.54) is 6.07 Å². The first-order valence-electron chi connectivity index (χ1n) is 10.1. The summed E-state index contributed by atoms with van der Waals surface area (Å²) < 4.78 is 27.8. The summed E-state index contributed by atoms with van der Waals surface area (Å²) in [5, 5.41) is 3.10. The van der Waals surface area contributed by atoms with Gasteiger partial charge in [-0.25, -0.2) is 13.6 Å². The number of nitrogens with zero attached hydrogens (tertiary/aromatic N) is 2. The van der Waals surface area contributed by atoms with Crippen LogP contribution < -0.4 is 10.2 Å². The standard InChI is InChI=1S/C24H20ClF2N3O2/c25-19-9-2-1-6-16(19)15-29-12-5-13-30(24(29)32)18-8-3-7-17(14-18)28-23(31)22-20(26)10-4-11-21(22)27/h1-4,6-11,14H,5,12-13,15H2,(H,28,31). The van der Waals surface area contributed by atoms with Crippen molar-refractivity contribution in [2.45, 2.75) is 13.0 Å². The number of benzene rings is 3. The molecule has 32 heavy (non-hydrogen) atoms. The Labute approximate surface area is 189 Å². The van der Waals surface area contributed by atoms with Crippen LogP contribution in [0.3, 0.4) is 0 Å². The molecule has 0 aliphatic carbocycles. The summed E-state index contributed by atoms with van der Waals surface area (Å²) in [5.41, 5.74) is 1.10. The molecule has 0 atom stereocenters. The van der Waals surface area contributed by atoms with Crippen molar-refractivity contribution in [1.29, 1.82) is 0 Å². The topological polar surface area (TPSA) is 52.7 Å². The minimum absolute atomic E-state index is 0.181. The van der Waals surface area contributed by atoms with E-state index in [9.17, 15) is 18.4 Å². The van der Waals surface area contributed by atoms with Crippen molar-refractivity contribution in [3.63, 3.8) is 0 Å². The van der Waals surface area contributed by atoms with Crippen molar-refractivity contribution in [2.75, 3.05) is 23.3 Å². The average Bonchev–Trinajstić information content (AvgIpc) is 2.77. The molecule has 1 aliphatic heterocycles. The van der Waals surface area contributed by atoms with Crippen molar-refractivity contribution < 1.29 is 18.4 Å². The van der Waals surface area contributed by atoms with Gasteiger partial charge < -0.3 is 10.2 Å². The fraction of sp³-hybridized carbons (Fsp3) is 0.167. The Morgan fingerprint density at radius 3 is 2.44 bits per heavy atom. The summed E-state index contributed by atoms with van der Waals surface area (Å²) in [6, 6.07) is 17.0. The molecule has 3 amide bonds. The van der Waals surface area contributed by atoms with E-state index in [-0.39, 0.29) is 6.03 Å². The summed E-state index contributed by atoms with van der Waals surface area (Å²) in [6.45, 7) is 1.50. The maximum absolute atomic E-state index is 13.9. The Bertz CT molecular complexity index is 1150. The lowest BCUT2D eigenvalue weighted by Crippen LogP contribution is -2.49. The Hall–Kier alpha value is -3.45. The van der Waals surface area contributed by atoms with E-state index < -0.39 is 23.1 Å². The first-order chi connectivity index (χ1) is 15.4. The zero-order valence-corrected chi connectivity index (χ0v) is 17.8. The van der Waals surface area contributed by atoms with E-state index in [4.69, 9.17) is 11.6 Å². The van der Waals surface area contributed by atoms with Crippen LogP contribution in [0, 0.1) is 11.6 Å². The Balaban J connectivity index is 1.51. The average molecular weight is 456 g/mol. The Morgan fingerprint density at radius 1 is 0.969 bits per heavy atom. The monoisotopic (exact) mass is 455 g/mol. The maximum Gasteiger partial charge on any atom is 0.324 e. The van der Waals surface area contributed by atoms with Gasteiger partial charge in [0.25, 0.3) is 5.91 Å². The van der Waals surface area contributed by atoms with Crippen LogP contribution in [-0.4, -0.2) is 29.9 Å². The molecule has 3 aromatic carbocycles. The van der Waals surface area contributed by atoms with Gasteiger partial charge in [0.1, 0.15) is 17.2 Å². The second-order valence-electron chi connectivity index (χ2n) is 7.40. The third kappa shape index (κ3) is 4.57. The summed E-state index contributed by atoms with van der Waals surface area (Å²) in [5.74, 6) is -2.79. The van der Waals surface area contributed by atoms with Crippen LogP contribution in [0.25, 0.3) is 0 Å². The third-order valence-electron chi connectivity index (χ3n) is 5.24. The van der Waals surface area contributed by atoms with Gasteiger partial charge in [-0.15, -0.1) is 0 Å². The number of anilines is 2. The van der Waals surface area contributed by atoms with Crippen molar-refractivity contribution >= 4 is 34.9 Å². The number of halogens is 3. The van der Waals surface area contributed by atoms with Gasteiger partial charge in [-0.05, 0) is 48.4 Å². The number of nitrogens with one attached hydrogen (secondary N) is 1. The molecule has 0 bridgehead atoms. The van der Waals surface area contributed by atoms with Crippen molar-refractivity contribution in [3.05, 3.63) is 94.5 Å². The Morgan fingerprint density at radius 2 is 1.69 bits per heavy atom. The lowest BCUT2D eigenvalue weighted by atomic mass is 10.1. The van der Waals surface area contributed by atoms with Crippen LogP contribution in [0.15, 0.2) is 66.7 Å². The van der Waals surface area contributed by atoms with Crippen LogP contribution >= 0.6 is 11.6 Å². The SMILES string of the molecule is O=C(Nc1cccc(N2CCCN(Cc3ccccc3Cl)C2=O)c1)c1c(F)cccc1F. The molecule has 3 aromatic rings. The molecule has 0 radical (unpaired) electrons. The highest BCUT2D eigenvalue weighted by Gasteiger charge is 2.27. The smallest absolute Gasteiger partial charge is 0.322 e. The summed E-state index contributed by atoms with van der Waals surface area (Å²) in [4.78, 5) is 28.8. The van der Waals surface area contributed by atoms with Gasteiger partial charge in [0.05, 0.1) is 0 Å². The van der Waals surface area contributed by atoms with Gasteiger partial charge >= 0.3 is 6.03 Å². The van der Waals surface area contributed by atoms with Crippen LogP contribution in [0.5, 0.6) is 0 Å². The van der Waals surface area contributed by atoms with Crippen LogP contribution in [-0.2, 0) is 6.54 Å². The highest BCUT2D eigenvalue weighted by Crippen LogP contribution is 2.26. The number of hydrogen-bond acceptors (Lipinski definition) is 2. The van der Waals surface area contributed by atoms with Gasteiger partial charge in [-0.3, -0.25) is 9.69 Å². The van der Waals surface area contributed by atoms with Crippen LogP contribution in [0.1, 0.15) is 22.3 Å². The largest absolute Gasteiger partial charge is 0.324 e. The highest BCUT2D eigenvalue weighted by atomic mass is 35.5. The molecule has 8 heteroatoms. The summed E-state index contributed by atoms with van der Waals surface area (Å²) >= 11 is 6.24. The molecule has 4 rings (SSSR count). The molecule has 1 fully saturated rings. The first-order valence-corrected chi connectivity index (χ1v) is 10.5. The molecule has 1 saturated heterocycles. The maximum atomic E-state index is 13.9. The van der Waals surface area contributed by atoms with Crippen LogP contribution in [0.2, 0.25) is 5.02 Å².